The third kappa shape index (κ3) is 4.16. The van der Waals surface area contributed by atoms with Crippen LogP contribution >= 0.6 is 23.4 Å². The Morgan fingerprint density at radius 1 is 1.33 bits per heavy atom. The van der Waals surface area contributed by atoms with Gasteiger partial charge in [0, 0.05) is 35.6 Å². The minimum atomic E-state index is 0.587. The van der Waals surface area contributed by atoms with Crippen molar-refractivity contribution in [1.82, 2.24) is 5.32 Å². The first-order valence-corrected chi connectivity index (χ1v) is 8.00. The SMILES string of the molecule is ClCCOCCCNCC1CSc2ccccc21. The van der Waals surface area contributed by atoms with Crippen molar-refractivity contribution in [3.8, 4) is 0 Å². The minimum Gasteiger partial charge on any atom is -0.380 e. The molecule has 1 aromatic carbocycles. The number of hydrogen-bond acceptors (Lipinski definition) is 3. The van der Waals surface area contributed by atoms with Crippen LogP contribution in [-0.2, 0) is 4.74 Å². The Labute approximate surface area is 118 Å². The summed E-state index contributed by atoms with van der Waals surface area (Å²) >= 11 is 7.50. The predicted molar refractivity (Wildman–Crippen MR) is 78.9 cm³/mol. The summed E-state index contributed by atoms with van der Waals surface area (Å²) in [5.41, 5.74) is 1.51. The van der Waals surface area contributed by atoms with Gasteiger partial charge in [-0.25, -0.2) is 0 Å². The Balaban J connectivity index is 1.61. The number of rotatable bonds is 8. The molecule has 0 amide bonds. The molecule has 18 heavy (non-hydrogen) atoms. The molecule has 0 radical (unpaired) electrons. The van der Waals surface area contributed by atoms with Crippen LogP contribution in [0.15, 0.2) is 29.2 Å². The fraction of sp³-hybridized carbons (Fsp3) is 0.571. The molecule has 0 spiro atoms. The van der Waals surface area contributed by atoms with Crippen LogP contribution < -0.4 is 5.32 Å². The highest BCUT2D eigenvalue weighted by molar-refractivity contribution is 7.99. The van der Waals surface area contributed by atoms with Gasteiger partial charge in [0.15, 0.2) is 0 Å². The van der Waals surface area contributed by atoms with E-state index >= 15 is 0 Å². The van der Waals surface area contributed by atoms with E-state index in [1.807, 2.05) is 11.8 Å². The maximum absolute atomic E-state index is 5.53. The van der Waals surface area contributed by atoms with Gasteiger partial charge in [-0.1, -0.05) is 18.2 Å². The van der Waals surface area contributed by atoms with Crippen molar-refractivity contribution >= 4 is 23.4 Å². The van der Waals surface area contributed by atoms with E-state index in [1.54, 1.807) is 0 Å². The van der Waals surface area contributed by atoms with Gasteiger partial charge in [-0.3, -0.25) is 0 Å². The zero-order valence-corrected chi connectivity index (χ0v) is 12.1. The van der Waals surface area contributed by atoms with Crippen molar-refractivity contribution in [2.24, 2.45) is 0 Å². The molecule has 1 atom stereocenters. The first kappa shape index (κ1) is 14.2. The average molecular weight is 286 g/mol. The smallest absolute Gasteiger partial charge is 0.0601 e. The molecule has 0 aliphatic carbocycles. The van der Waals surface area contributed by atoms with Crippen molar-refractivity contribution in [3.63, 3.8) is 0 Å². The third-order valence-corrected chi connectivity index (χ3v) is 4.46. The van der Waals surface area contributed by atoms with Crippen LogP contribution in [0.5, 0.6) is 0 Å². The van der Waals surface area contributed by atoms with E-state index in [1.165, 1.54) is 16.2 Å². The van der Waals surface area contributed by atoms with E-state index in [4.69, 9.17) is 16.3 Å². The highest BCUT2D eigenvalue weighted by Gasteiger charge is 2.21. The molecule has 1 unspecified atom stereocenters. The molecule has 1 heterocycles. The minimum absolute atomic E-state index is 0.587. The van der Waals surface area contributed by atoms with Gasteiger partial charge in [0.1, 0.15) is 0 Å². The molecule has 1 aliphatic rings. The summed E-state index contributed by atoms with van der Waals surface area (Å²) in [7, 11) is 0. The van der Waals surface area contributed by atoms with E-state index in [9.17, 15) is 0 Å². The summed E-state index contributed by atoms with van der Waals surface area (Å²) in [5, 5.41) is 3.52. The standard InChI is InChI=1S/C14H20ClNOS/c15-6-9-17-8-3-7-16-10-12-11-18-14-5-2-1-4-13(12)14/h1-2,4-5,12,16H,3,6-11H2. The van der Waals surface area contributed by atoms with Crippen LogP contribution in [0.1, 0.15) is 17.9 Å². The topological polar surface area (TPSA) is 21.3 Å². The number of thioether (sulfide) groups is 1. The summed E-state index contributed by atoms with van der Waals surface area (Å²) in [5.74, 6) is 2.45. The van der Waals surface area contributed by atoms with Crippen LogP contribution in [0, 0.1) is 0 Å². The number of ether oxygens (including phenoxy) is 1. The molecule has 0 fully saturated rings. The molecule has 4 heteroatoms. The van der Waals surface area contributed by atoms with Crippen LogP contribution in [0.25, 0.3) is 0 Å². The molecule has 1 N–H and O–H groups in total. The summed E-state index contributed by atoms with van der Waals surface area (Å²) in [6.45, 7) is 3.55. The van der Waals surface area contributed by atoms with Crippen LogP contribution in [0.4, 0.5) is 0 Å². The van der Waals surface area contributed by atoms with E-state index in [0.29, 0.717) is 18.4 Å². The van der Waals surface area contributed by atoms with Crippen molar-refractivity contribution in [1.29, 1.82) is 0 Å². The maximum atomic E-state index is 5.53. The number of halogens is 1. The van der Waals surface area contributed by atoms with Crippen molar-refractivity contribution in [2.45, 2.75) is 17.2 Å². The Morgan fingerprint density at radius 2 is 2.22 bits per heavy atom. The normalized spacial score (nSPS) is 17.9. The number of benzene rings is 1. The summed E-state index contributed by atoms with van der Waals surface area (Å²) in [6.07, 6.45) is 1.05. The fourth-order valence-corrected chi connectivity index (χ4v) is 3.49. The second-order valence-electron chi connectivity index (χ2n) is 4.40. The molecule has 100 valence electrons. The number of alkyl halides is 1. The van der Waals surface area contributed by atoms with E-state index in [-0.39, 0.29) is 0 Å². The molecule has 0 saturated carbocycles. The lowest BCUT2D eigenvalue weighted by molar-refractivity contribution is 0.146. The molecule has 2 rings (SSSR count). The van der Waals surface area contributed by atoms with Crippen molar-refractivity contribution < 1.29 is 4.74 Å². The van der Waals surface area contributed by atoms with Gasteiger partial charge >= 0.3 is 0 Å². The van der Waals surface area contributed by atoms with Gasteiger partial charge in [0.2, 0.25) is 0 Å². The monoisotopic (exact) mass is 285 g/mol. The van der Waals surface area contributed by atoms with E-state index in [0.717, 1.165) is 26.1 Å². The first-order chi connectivity index (χ1) is 8.92. The summed E-state index contributed by atoms with van der Waals surface area (Å²) < 4.78 is 5.34. The predicted octanol–water partition coefficient (Wildman–Crippen LogP) is 3.11. The molecular weight excluding hydrogens is 266 g/mol. The van der Waals surface area contributed by atoms with Crippen LogP contribution in [-0.4, -0.2) is 37.9 Å². The van der Waals surface area contributed by atoms with Gasteiger partial charge in [-0.15, -0.1) is 23.4 Å². The van der Waals surface area contributed by atoms with Crippen molar-refractivity contribution in [2.75, 3.05) is 37.9 Å². The molecule has 2 nitrogen and oxygen atoms in total. The number of fused-ring (bicyclic) bond motifs is 1. The highest BCUT2D eigenvalue weighted by atomic mass is 35.5. The third-order valence-electron chi connectivity index (χ3n) is 3.05. The van der Waals surface area contributed by atoms with E-state index < -0.39 is 0 Å². The zero-order valence-electron chi connectivity index (χ0n) is 10.5. The maximum Gasteiger partial charge on any atom is 0.0601 e. The fourth-order valence-electron chi connectivity index (χ4n) is 2.13. The number of nitrogens with one attached hydrogen (secondary N) is 1. The Bertz CT molecular complexity index is 361. The summed E-state index contributed by atoms with van der Waals surface area (Å²) in [6, 6.07) is 8.73. The lowest BCUT2D eigenvalue weighted by Gasteiger charge is -2.12. The highest BCUT2D eigenvalue weighted by Crippen LogP contribution is 2.38. The second-order valence-corrected chi connectivity index (χ2v) is 5.84. The second kappa shape index (κ2) is 8.05. The zero-order chi connectivity index (χ0) is 12.6. The molecule has 0 aromatic heterocycles. The summed E-state index contributed by atoms with van der Waals surface area (Å²) in [4.78, 5) is 1.45. The van der Waals surface area contributed by atoms with Crippen LogP contribution in [0.2, 0.25) is 0 Å². The molecule has 1 aromatic rings. The van der Waals surface area contributed by atoms with Crippen LogP contribution in [0.3, 0.4) is 0 Å². The quantitative estimate of drug-likeness (QED) is 0.586. The van der Waals surface area contributed by atoms with E-state index in [2.05, 4.69) is 29.6 Å². The Kier molecular flexibility index (Phi) is 6.35. The molecular formula is C14H20ClNOS. The Hall–Kier alpha value is -0.220. The molecule has 0 bridgehead atoms. The van der Waals surface area contributed by atoms with Gasteiger partial charge < -0.3 is 10.1 Å². The van der Waals surface area contributed by atoms with Gasteiger partial charge in [0.05, 0.1) is 6.61 Å². The lowest BCUT2D eigenvalue weighted by atomic mass is 10.0. The van der Waals surface area contributed by atoms with Gasteiger partial charge in [-0.2, -0.15) is 0 Å². The largest absolute Gasteiger partial charge is 0.380 e. The molecule has 1 aliphatic heterocycles. The van der Waals surface area contributed by atoms with Crippen molar-refractivity contribution in [3.05, 3.63) is 29.8 Å². The lowest BCUT2D eigenvalue weighted by Crippen LogP contribution is -2.23. The van der Waals surface area contributed by atoms with Gasteiger partial charge in [0.25, 0.3) is 0 Å². The number of hydrogen-bond donors (Lipinski definition) is 1. The van der Waals surface area contributed by atoms with Gasteiger partial charge in [-0.05, 0) is 24.6 Å². The first-order valence-electron chi connectivity index (χ1n) is 6.48. The Morgan fingerprint density at radius 3 is 3.11 bits per heavy atom. The molecule has 0 saturated heterocycles. The average Bonchev–Trinajstić information content (AvgIpc) is 2.81.